The first-order valence-corrected chi connectivity index (χ1v) is 11.6. The Bertz CT molecular complexity index is 788. The van der Waals surface area contributed by atoms with Crippen LogP contribution in [-0.2, 0) is 4.79 Å². The molecule has 1 aromatic carbocycles. The number of thiophene rings is 1. The number of piperidine rings is 1. The monoisotopic (exact) mass is 419 g/mol. The SMILES string of the molecule is O=C(CCSc1ccc2c(c1)OCCO2)N1CCC(C(O)c2cccs2)CC1. The summed E-state index contributed by atoms with van der Waals surface area (Å²) in [7, 11) is 0. The minimum absolute atomic E-state index is 0.203. The molecule has 1 saturated heterocycles. The summed E-state index contributed by atoms with van der Waals surface area (Å²) in [6, 6.07) is 9.90. The molecule has 0 spiro atoms. The zero-order valence-corrected chi connectivity index (χ0v) is 17.3. The van der Waals surface area contributed by atoms with Crippen molar-refractivity contribution in [1.82, 2.24) is 4.90 Å². The highest BCUT2D eigenvalue weighted by molar-refractivity contribution is 7.99. The second-order valence-electron chi connectivity index (χ2n) is 7.08. The van der Waals surface area contributed by atoms with Gasteiger partial charge in [-0.25, -0.2) is 0 Å². The molecule has 1 atom stereocenters. The average Bonchev–Trinajstić information content (AvgIpc) is 3.28. The number of hydrogen-bond acceptors (Lipinski definition) is 6. The predicted molar refractivity (Wildman–Crippen MR) is 111 cm³/mol. The van der Waals surface area contributed by atoms with Crippen LogP contribution in [0.25, 0.3) is 0 Å². The lowest BCUT2D eigenvalue weighted by Crippen LogP contribution is -2.39. The van der Waals surface area contributed by atoms with Gasteiger partial charge in [0.2, 0.25) is 5.91 Å². The van der Waals surface area contributed by atoms with E-state index in [0.717, 1.165) is 53.0 Å². The Kier molecular flexibility index (Phi) is 6.44. The van der Waals surface area contributed by atoms with Gasteiger partial charge in [-0.3, -0.25) is 4.79 Å². The quantitative estimate of drug-likeness (QED) is 0.718. The molecule has 28 heavy (non-hydrogen) atoms. The Labute approximate surface area is 173 Å². The van der Waals surface area contributed by atoms with E-state index in [0.29, 0.717) is 19.6 Å². The fraction of sp³-hybridized carbons (Fsp3) is 0.476. The van der Waals surface area contributed by atoms with E-state index in [2.05, 4.69) is 0 Å². The summed E-state index contributed by atoms with van der Waals surface area (Å²) >= 11 is 3.27. The van der Waals surface area contributed by atoms with Crippen molar-refractivity contribution in [3.63, 3.8) is 0 Å². The number of likely N-dealkylation sites (tertiary alicyclic amines) is 1. The molecule has 2 aliphatic rings. The number of benzene rings is 1. The van der Waals surface area contributed by atoms with Crippen molar-refractivity contribution in [1.29, 1.82) is 0 Å². The van der Waals surface area contributed by atoms with Gasteiger partial charge >= 0.3 is 0 Å². The fourth-order valence-corrected chi connectivity index (χ4v) is 5.35. The van der Waals surface area contributed by atoms with E-state index >= 15 is 0 Å². The summed E-state index contributed by atoms with van der Waals surface area (Å²) in [6.07, 6.45) is 1.85. The molecule has 0 aliphatic carbocycles. The molecular weight excluding hydrogens is 394 g/mol. The molecule has 0 bridgehead atoms. The van der Waals surface area contributed by atoms with Crippen LogP contribution >= 0.6 is 23.1 Å². The van der Waals surface area contributed by atoms with Crippen molar-refractivity contribution in [2.75, 3.05) is 32.1 Å². The van der Waals surface area contributed by atoms with Crippen LogP contribution in [-0.4, -0.2) is 48.0 Å². The van der Waals surface area contributed by atoms with Crippen LogP contribution < -0.4 is 9.47 Å². The lowest BCUT2D eigenvalue weighted by Gasteiger charge is -2.34. The molecule has 1 aromatic heterocycles. The summed E-state index contributed by atoms with van der Waals surface area (Å²) in [5.74, 6) is 2.77. The van der Waals surface area contributed by atoms with Gasteiger partial charge in [-0.05, 0) is 48.4 Å². The van der Waals surface area contributed by atoms with Crippen molar-refractivity contribution >= 4 is 29.0 Å². The van der Waals surface area contributed by atoms with E-state index in [9.17, 15) is 9.90 Å². The third-order valence-corrected chi connectivity index (χ3v) is 7.21. The van der Waals surface area contributed by atoms with Crippen molar-refractivity contribution in [2.45, 2.75) is 30.3 Å². The highest BCUT2D eigenvalue weighted by Crippen LogP contribution is 2.35. The zero-order valence-electron chi connectivity index (χ0n) is 15.7. The lowest BCUT2D eigenvalue weighted by atomic mass is 9.90. The van der Waals surface area contributed by atoms with E-state index in [1.54, 1.807) is 23.1 Å². The fourth-order valence-electron chi connectivity index (χ4n) is 3.68. The highest BCUT2D eigenvalue weighted by Gasteiger charge is 2.28. The maximum absolute atomic E-state index is 12.5. The van der Waals surface area contributed by atoms with E-state index in [4.69, 9.17) is 9.47 Å². The number of thioether (sulfide) groups is 1. The minimum atomic E-state index is -0.400. The maximum atomic E-state index is 12.5. The molecule has 1 fully saturated rings. The van der Waals surface area contributed by atoms with E-state index in [1.165, 1.54) is 0 Å². The number of amides is 1. The summed E-state index contributed by atoms with van der Waals surface area (Å²) < 4.78 is 11.1. The number of fused-ring (bicyclic) bond motifs is 1. The van der Waals surface area contributed by atoms with Gasteiger partial charge in [-0.15, -0.1) is 23.1 Å². The van der Waals surface area contributed by atoms with Gasteiger partial charge in [0.25, 0.3) is 0 Å². The summed E-state index contributed by atoms with van der Waals surface area (Å²) in [4.78, 5) is 16.6. The van der Waals surface area contributed by atoms with Crippen molar-refractivity contribution < 1.29 is 19.4 Å². The first-order chi connectivity index (χ1) is 13.7. The molecule has 0 radical (unpaired) electrons. The molecule has 3 heterocycles. The molecule has 0 saturated carbocycles. The molecule has 5 nitrogen and oxygen atoms in total. The predicted octanol–water partition coefficient (Wildman–Crippen LogP) is 3.97. The standard InChI is InChI=1S/C21H25NO4S2/c23-20(7-13-27-16-3-4-17-18(14-16)26-11-10-25-17)22-8-5-15(6-9-22)21(24)19-2-1-12-28-19/h1-4,12,14-15,21,24H,5-11,13H2. The van der Waals surface area contributed by atoms with E-state index < -0.39 is 6.10 Å². The molecule has 150 valence electrons. The minimum Gasteiger partial charge on any atom is -0.486 e. The van der Waals surface area contributed by atoms with Gasteiger partial charge in [-0.2, -0.15) is 0 Å². The van der Waals surface area contributed by atoms with Gasteiger partial charge in [0.05, 0.1) is 6.10 Å². The van der Waals surface area contributed by atoms with Crippen LogP contribution in [0.2, 0.25) is 0 Å². The van der Waals surface area contributed by atoms with Crippen molar-refractivity contribution in [3.05, 3.63) is 40.6 Å². The van der Waals surface area contributed by atoms with Gasteiger partial charge in [0.1, 0.15) is 13.2 Å². The third-order valence-electron chi connectivity index (χ3n) is 5.27. The Morgan fingerprint density at radius 1 is 1.21 bits per heavy atom. The van der Waals surface area contributed by atoms with Crippen LogP contribution in [0.4, 0.5) is 0 Å². The highest BCUT2D eigenvalue weighted by atomic mass is 32.2. The summed E-state index contributed by atoms with van der Waals surface area (Å²) in [5.41, 5.74) is 0. The molecule has 1 N–H and O–H groups in total. The van der Waals surface area contributed by atoms with Gasteiger partial charge in [0.15, 0.2) is 11.5 Å². The Balaban J connectivity index is 1.21. The Hall–Kier alpha value is -1.70. The van der Waals surface area contributed by atoms with Gasteiger partial charge in [-0.1, -0.05) is 6.07 Å². The molecule has 1 amide bonds. The van der Waals surface area contributed by atoms with Crippen LogP contribution in [0.15, 0.2) is 40.6 Å². The maximum Gasteiger partial charge on any atom is 0.223 e. The molecule has 2 aromatic rings. The molecular formula is C21H25NO4S2. The second-order valence-corrected chi connectivity index (χ2v) is 9.23. The number of carbonyl (C=O) groups excluding carboxylic acids is 1. The number of hydrogen-bond donors (Lipinski definition) is 1. The van der Waals surface area contributed by atoms with Gasteiger partial charge in [0, 0.05) is 35.0 Å². The topological polar surface area (TPSA) is 59.0 Å². The number of ether oxygens (including phenoxy) is 2. The Morgan fingerprint density at radius 3 is 2.75 bits per heavy atom. The summed E-state index contributed by atoms with van der Waals surface area (Å²) in [6.45, 7) is 2.65. The molecule has 7 heteroatoms. The average molecular weight is 420 g/mol. The largest absolute Gasteiger partial charge is 0.486 e. The number of aliphatic hydroxyl groups excluding tert-OH is 1. The molecule has 4 rings (SSSR count). The number of aliphatic hydroxyl groups is 1. The van der Waals surface area contributed by atoms with Crippen molar-refractivity contribution in [3.8, 4) is 11.5 Å². The van der Waals surface area contributed by atoms with Crippen LogP contribution in [0.5, 0.6) is 11.5 Å². The number of rotatable bonds is 6. The van der Waals surface area contributed by atoms with Crippen LogP contribution in [0.3, 0.4) is 0 Å². The molecule has 1 unspecified atom stereocenters. The van der Waals surface area contributed by atoms with Gasteiger partial charge < -0.3 is 19.5 Å². The van der Waals surface area contributed by atoms with E-state index in [1.807, 2.05) is 40.6 Å². The zero-order chi connectivity index (χ0) is 19.3. The first kappa shape index (κ1) is 19.6. The smallest absolute Gasteiger partial charge is 0.223 e. The van der Waals surface area contributed by atoms with Crippen molar-refractivity contribution in [2.24, 2.45) is 5.92 Å². The Morgan fingerprint density at radius 2 is 2.00 bits per heavy atom. The van der Waals surface area contributed by atoms with E-state index in [-0.39, 0.29) is 11.8 Å². The normalized spacial score (nSPS) is 18.1. The lowest BCUT2D eigenvalue weighted by molar-refractivity contribution is -0.132. The third kappa shape index (κ3) is 4.64. The van der Waals surface area contributed by atoms with Crippen LogP contribution in [0.1, 0.15) is 30.2 Å². The number of nitrogens with zero attached hydrogens (tertiary/aromatic N) is 1. The molecule has 2 aliphatic heterocycles. The number of carbonyl (C=O) groups is 1. The summed E-state index contributed by atoms with van der Waals surface area (Å²) in [5, 5.41) is 12.5. The second kappa shape index (κ2) is 9.20. The first-order valence-electron chi connectivity index (χ1n) is 9.72. The van der Waals surface area contributed by atoms with Crippen LogP contribution in [0, 0.1) is 5.92 Å².